The molecule has 138 valence electrons. The molecule has 0 bridgehead atoms. The van der Waals surface area contributed by atoms with Crippen LogP contribution in [0.25, 0.3) is 0 Å². The number of hydrogen-bond donors (Lipinski definition) is 1. The van der Waals surface area contributed by atoms with Gasteiger partial charge in [0.25, 0.3) is 11.5 Å². The van der Waals surface area contributed by atoms with E-state index in [4.69, 9.17) is 4.74 Å². The maximum Gasteiger partial charge on any atom is 0.292 e. The second-order valence-corrected chi connectivity index (χ2v) is 6.31. The average Bonchev–Trinajstić information content (AvgIpc) is 2.62. The van der Waals surface area contributed by atoms with E-state index in [-0.39, 0.29) is 17.2 Å². The highest BCUT2D eigenvalue weighted by Gasteiger charge is 2.22. The van der Waals surface area contributed by atoms with Crippen molar-refractivity contribution in [1.29, 1.82) is 0 Å². The van der Waals surface area contributed by atoms with Crippen LogP contribution in [0, 0.1) is 5.82 Å². The van der Waals surface area contributed by atoms with Gasteiger partial charge >= 0.3 is 0 Å². The van der Waals surface area contributed by atoms with Crippen molar-refractivity contribution in [2.75, 3.05) is 36.5 Å². The molecular weight excluding hydrogens is 339 g/mol. The van der Waals surface area contributed by atoms with Gasteiger partial charge in [0.15, 0.2) is 0 Å². The second-order valence-electron chi connectivity index (χ2n) is 6.31. The summed E-state index contributed by atoms with van der Waals surface area (Å²) >= 11 is 0. The molecular formula is C18H21FN4O3. The van der Waals surface area contributed by atoms with Crippen molar-refractivity contribution in [3.63, 3.8) is 0 Å². The number of benzene rings is 1. The molecule has 0 saturated carbocycles. The number of carbonyl (C=O) groups is 1. The molecule has 1 saturated heterocycles. The lowest BCUT2D eigenvalue weighted by atomic mass is 10.2. The number of amides is 1. The fraction of sp³-hybridized carbons (Fsp3) is 0.389. The van der Waals surface area contributed by atoms with E-state index in [1.165, 1.54) is 29.1 Å². The first-order valence-corrected chi connectivity index (χ1v) is 8.49. The summed E-state index contributed by atoms with van der Waals surface area (Å²) in [5.41, 5.74) is 0.578. The van der Waals surface area contributed by atoms with E-state index in [1.807, 2.05) is 18.7 Å². The number of rotatable bonds is 4. The Labute approximate surface area is 150 Å². The molecule has 1 aromatic carbocycles. The monoisotopic (exact) mass is 360 g/mol. The lowest BCUT2D eigenvalue weighted by molar-refractivity contribution is 0.102. The number of ether oxygens (including phenoxy) is 1. The molecule has 0 atom stereocenters. The van der Waals surface area contributed by atoms with Gasteiger partial charge in [-0.15, -0.1) is 0 Å². The molecule has 1 N–H and O–H groups in total. The predicted octanol–water partition coefficient (Wildman–Crippen LogP) is 2.05. The molecule has 0 unspecified atom stereocenters. The summed E-state index contributed by atoms with van der Waals surface area (Å²) in [5.74, 6) is -0.998. The Balaban J connectivity index is 1.99. The van der Waals surface area contributed by atoms with Crippen molar-refractivity contribution in [3.8, 4) is 0 Å². The number of hydrogen-bond acceptors (Lipinski definition) is 5. The van der Waals surface area contributed by atoms with Gasteiger partial charge in [-0.25, -0.2) is 9.07 Å². The van der Waals surface area contributed by atoms with E-state index < -0.39 is 11.7 Å². The number of nitrogens with zero attached hydrogens (tertiary/aromatic N) is 3. The van der Waals surface area contributed by atoms with Crippen molar-refractivity contribution in [3.05, 3.63) is 52.2 Å². The topological polar surface area (TPSA) is 76.5 Å². The van der Waals surface area contributed by atoms with Gasteiger partial charge in [-0.3, -0.25) is 9.59 Å². The summed E-state index contributed by atoms with van der Waals surface area (Å²) in [5, 5.41) is 6.85. The van der Waals surface area contributed by atoms with Crippen LogP contribution in [0.4, 0.5) is 15.8 Å². The summed E-state index contributed by atoms with van der Waals surface area (Å²) in [6.45, 7) is 5.81. The zero-order valence-electron chi connectivity index (χ0n) is 14.7. The third kappa shape index (κ3) is 3.75. The first-order valence-electron chi connectivity index (χ1n) is 8.49. The van der Waals surface area contributed by atoms with Gasteiger partial charge in [0.2, 0.25) is 0 Å². The zero-order chi connectivity index (χ0) is 18.7. The molecule has 1 amide bonds. The van der Waals surface area contributed by atoms with Crippen molar-refractivity contribution in [1.82, 2.24) is 9.78 Å². The van der Waals surface area contributed by atoms with E-state index in [2.05, 4.69) is 10.4 Å². The van der Waals surface area contributed by atoms with Crippen molar-refractivity contribution in [2.24, 2.45) is 0 Å². The third-order valence-electron chi connectivity index (χ3n) is 4.13. The first kappa shape index (κ1) is 18.1. The number of halogens is 1. The van der Waals surface area contributed by atoms with Crippen LogP contribution in [0.5, 0.6) is 0 Å². The summed E-state index contributed by atoms with van der Waals surface area (Å²) in [4.78, 5) is 27.3. The molecule has 3 rings (SSSR count). The Morgan fingerprint density at radius 3 is 2.69 bits per heavy atom. The van der Waals surface area contributed by atoms with Crippen molar-refractivity contribution < 1.29 is 13.9 Å². The third-order valence-corrected chi connectivity index (χ3v) is 4.13. The van der Waals surface area contributed by atoms with E-state index in [0.29, 0.717) is 37.7 Å². The highest BCUT2D eigenvalue weighted by atomic mass is 19.1. The lowest BCUT2D eigenvalue weighted by Gasteiger charge is -2.30. The van der Waals surface area contributed by atoms with Crippen LogP contribution in [-0.4, -0.2) is 42.0 Å². The van der Waals surface area contributed by atoms with Gasteiger partial charge in [0.1, 0.15) is 11.5 Å². The van der Waals surface area contributed by atoms with Crippen LogP contribution in [0.3, 0.4) is 0 Å². The quantitative estimate of drug-likeness (QED) is 0.903. The Morgan fingerprint density at radius 2 is 2.04 bits per heavy atom. The van der Waals surface area contributed by atoms with E-state index >= 15 is 0 Å². The van der Waals surface area contributed by atoms with Gasteiger partial charge in [0.05, 0.1) is 31.1 Å². The Hall–Kier alpha value is -2.74. The van der Waals surface area contributed by atoms with Crippen LogP contribution >= 0.6 is 0 Å². The van der Waals surface area contributed by atoms with E-state index in [1.54, 1.807) is 0 Å². The molecule has 0 spiro atoms. The first-order chi connectivity index (χ1) is 12.5. The summed E-state index contributed by atoms with van der Waals surface area (Å²) in [6, 6.07) is 5.27. The average molecular weight is 360 g/mol. The molecule has 8 heteroatoms. The van der Waals surface area contributed by atoms with Crippen molar-refractivity contribution >= 4 is 17.3 Å². The smallest absolute Gasteiger partial charge is 0.292 e. The Morgan fingerprint density at radius 1 is 1.31 bits per heavy atom. The fourth-order valence-electron chi connectivity index (χ4n) is 2.83. The van der Waals surface area contributed by atoms with Crippen LogP contribution in [-0.2, 0) is 4.74 Å². The number of aromatic nitrogens is 2. The van der Waals surface area contributed by atoms with E-state index in [0.717, 1.165) is 6.07 Å². The number of nitrogens with one attached hydrogen (secondary N) is 1. The van der Waals surface area contributed by atoms with Crippen LogP contribution < -0.4 is 15.8 Å². The summed E-state index contributed by atoms with van der Waals surface area (Å²) < 4.78 is 20.1. The summed E-state index contributed by atoms with van der Waals surface area (Å²) in [6.07, 6.45) is 1.46. The largest absolute Gasteiger partial charge is 0.378 e. The molecule has 1 aliphatic heterocycles. The molecule has 7 nitrogen and oxygen atoms in total. The molecule has 1 aliphatic rings. The maximum atomic E-state index is 13.4. The van der Waals surface area contributed by atoms with Gasteiger partial charge < -0.3 is 15.0 Å². The van der Waals surface area contributed by atoms with Gasteiger partial charge in [-0.05, 0) is 32.0 Å². The molecule has 2 aromatic rings. The van der Waals surface area contributed by atoms with Gasteiger partial charge in [-0.1, -0.05) is 6.07 Å². The minimum Gasteiger partial charge on any atom is -0.378 e. The number of morpholine rings is 1. The molecule has 1 aromatic heterocycles. The molecule has 2 heterocycles. The predicted molar refractivity (Wildman–Crippen MR) is 96.3 cm³/mol. The molecule has 26 heavy (non-hydrogen) atoms. The second kappa shape index (κ2) is 7.65. The van der Waals surface area contributed by atoms with Crippen LogP contribution in [0.1, 0.15) is 30.2 Å². The van der Waals surface area contributed by atoms with Crippen molar-refractivity contribution in [2.45, 2.75) is 19.9 Å². The van der Waals surface area contributed by atoms with E-state index in [9.17, 15) is 14.0 Å². The minimum atomic E-state index is -0.501. The van der Waals surface area contributed by atoms with Crippen LogP contribution in [0.15, 0.2) is 35.3 Å². The van der Waals surface area contributed by atoms with Gasteiger partial charge in [-0.2, -0.15) is 5.10 Å². The highest BCUT2D eigenvalue weighted by Crippen LogP contribution is 2.23. The lowest BCUT2D eigenvalue weighted by Crippen LogP contribution is -2.42. The SMILES string of the molecule is CC(C)n1ncc(NC(=O)c2cccc(F)c2)c(N2CCOCC2)c1=O. The van der Waals surface area contributed by atoms with Gasteiger partial charge in [0, 0.05) is 18.7 Å². The number of anilines is 2. The van der Waals surface area contributed by atoms with Crippen LogP contribution in [0.2, 0.25) is 0 Å². The number of carbonyl (C=O) groups excluding carboxylic acids is 1. The standard InChI is InChI=1S/C18H21FN4O3/c1-12(2)23-18(25)16(22-6-8-26-9-7-22)15(11-20-23)21-17(24)13-4-3-5-14(19)10-13/h3-5,10-12H,6-9H2,1-2H3,(H,21,24). The molecule has 0 aliphatic carbocycles. The maximum absolute atomic E-state index is 13.4. The fourth-order valence-corrected chi connectivity index (χ4v) is 2.83. The summed E-state index contributed by atoms with van der Waals surface area (Å²) in [7, 11) is 0. The molecule has 1 fully saturated rings. The molecule has 0 radical (unpaired) electrons. The Kier molecular flexibility index (Phi) is 5.32. The minimum absolute atomic E-state index is 0.115. The highest BCUT2D eigenvalue weighted by molar-refractivity contribution is 6.05. The normalized spacial score (nSPS) is 14.5. The Bertz CT molecular complexity index is 860. The zero-order valence-corrected chi connectivity index (χ0v) is 14.7.